The maximum absolute atomic E-state index is 11.2. The van der Waals surface area contributed by atoms with Crippen molar-refractivity contribution < 1.29 is 25.2 Å². The summed E-state index contributed by atoms with van der Waals surface area (Å²) >= 11 is 0. The Labute approximate surface area is 183 Å². The zero-order chi connectivity index (χ0) is 22.4. The molecule has 0 bridgehead atoms. The summed E-state index contributed by atoms with van der Waals surface area (Å²) < 4.78 is 5.65. The third-order valence-electron chi connectivity index (χ3n) is 5.15. The van der Waals surface area contributed by atoms with Crippen LogP contribution in [0.25, 0.3) is 0 Å². The predicted molar refractivity (Wildman–Crippen MR) is 118 cm³/mol. The van der Waals surface area contributed by atoms with Gasteiger partial charge in [-0.05, 0) is 42.2 Å². The Morgan fingerprint density at radius 3 is 2.39 bits per heavy atom. The first-order chi connectivity index (χ1) is 14.8. The number of ether oxygens (including phenoxy) is 1. The van der Waals surface area contributed by atoms with E-state index < -0.39 is 36.6 Å². The number of hydrogen-bond donors (Lipinski definition) is 4. The van der Waals surface area contributed by atoms with E-state index in [0.717, 1.165) is 17.5 Å². The number of rotatable bonds is 3. The predicted octanol–water partition coefficient (Wildman–Crippen LogP) is 1.50. The maximum Gasteiger partial charge on any atom is 0.191 e. The van der Waals surface area contributed by atoms with Crippen molar-refractivity contribution in [2.45, 2.75) is 50.3 Å². The Morgan fingerprint density at radius 1 is 1.00 bits per heavy atom. The largest absolute Gasteiger partial charge is 0.394 e. The van der Waals surface area contributed by atoms with Gasteiger partial charge in [0.2, 0.25) is 0 Å². The van der Waals surface area contributed by atoms with E-state index in [1.54, 1.807) is 24.3 Å². The molecule has 1 aliphatic heterocycles. The van der Waals surface area contributed by atoms with Crippen LogP contribution in [0.15, 0.2) is 54.6 Å². The molecule has 0 spiro atoms. The molecular formula is C26H28O5. The summed E-state index contributed by atoms with van der Waals surface area (Å²) in [6.07, 6.45) is -4.57. The van der Waals surface area contributed by atoms with Gasteiger partial charge in [0, 0.05) is 11.1 Å². The highest BCUT2D eigenvalue weighted by Gasteiger charge is 2.53. The Kier molecular flexibility index (Phi) is 7.51. The zero-order valence-electron chi connectivity index (χ0n) is 17.7. The van der Waals surface area contributed by atoms with Crippen LogP contribution in [-0.4, -0.2) is 57.0 Å². The molecule has 0 unspecified atom stereocenters. The molecule has 4 N–H and O–H groups in total. The van der Waals surface area contributed by atoms with Crippen LogP contribution >= 0.6 is 0 Å². The van der Waals surface area contributed by atoms with Gasteiger partial charge < -0.3 is 25.2 Å². The molecule has 162 valence electrons. The molecule has 5 heteroatoms. The molecule has 0 radical (unpaired) electrons. The number of aliphatic hydroxyl groups is 4. The lowest BCUT2D eigenvalue weighted by Gasteiger charge is -2.43. The van der Waals surface area contributed by atoms with E-state index in [1.165, 1.54) is 0 Å². The molecule has 31 heavy (non-hydrogen) atoms. The van der Waals surface area contributed by atoms with Gasteiger partial charge in [0.15, 0.2) is 11.7 Å². The highest BCUT2D eigenvalue weighted by Crippen LogP contribution is 2.30. The Bertz CT molecular complexity index is 995. The van der Waals surface area contributed by atoms with E-state index >= 15 is 0 Å². The smallest absolute Gasteiger partial charge is 0.191 e. The first-order valence-electron chi connectivity index (χ1n) is 10.4. The van der Waals surface area contributed by atoms with Crippen LogP contribution in [0, 0.1) is 29.6 Å². The highest BCUT2D eigenvalue weighted by atomic mass is 16.5. The van der Waals surface area contributed by atoms with Gasteiger partial charge in [0.25, 0.3) is 0 Å². The summed E-state index contributed by atoms with van der Waals surface area (Å²) in [7, 11) is 0. The summed E-state index contributed by atoms with van der Waals surface area (Å²) in [5.41, 5.74) is 0.383. The topological polar surface area (TPSA) is 90.2 Å². The fraction of sp³-hybridized carbons (Fsp3) is 0.385. The van der Waals surface area contributed by atoms with Crippen molar-refractivity contribution in [2.24, 2.45) is 5.92 Å². The van der Waals surface area contributed by atoms with Crippen molar-refractivity contribution in [3.05, 3.63) is 71.3 Å². The molecule has 0 amide bonds. The summed E-state index contributed by atoms with van der Waals surface area (Å²) in [5.74, 6) is 11.8. The van der Waals surface area contributed by atoms with Gasteiger partial charge in [0.05, 0.1) is 6.61 Å². The van der Waals surface area contributed by atoms with Crippen LogP contribution in [0.3, 0.4) is 0 Å². The maximum atomic E-state index is 11.2. The minimum absolute atomic E-state index is 0.505. The molecule has 0 saturated carbocycles. The normalized spacial score (nSPS) is 27.7. The van der Waals surface area contributed by atoms with Gasteiger partial charge in [-0.1, -0.05) is 67.9 Å². The molecule has 1 aliphatic rings. The molecular weight excluding hydrogens is 392 g/mol. The third kappa shape index (κ3) is 5.54. The van der Waals surface area contributed by atoms with E-state index in [-0.39, 0.29) is 0 Å². The minimum atomic E-state index is -2.14. The molecule has 0 aliphatic carbocycles. The lowest BCUT2D eigenvalue weighted by atomic mass is 9.82. The molecule has 1 heterocycles. The van der Waals surface area contributed by atoms with Gasteiger partial charge in [0.1, 0.15) is 18.3 Å². The van der Waals surface area contributed by atoms with E-state index in [4.69, 9.17) is 4.74 Å². The average Bonchev–Trinajstić information content (AvgIpc) is 2.76. The number of hydrogen-bond acceptors (Lipinski definition) is 5. The van der Waals surface area contributed by atoms with Crippen molar-refractivity contribution in [1.82, 2.24) is 0 Å². The Hall–Kier alpha value is -2.64. The first-order valence-corrected chi connectivity index (χ1v) is 10.4. The van der Waals surface area contributed by atoms with E-state index in [1.807, 2.05) is 30.3 Å². The van der Waals surface area contributed by atoms with Gasteiger partial charge in [-0.3, -0.25) is 0 Å². The second-order valence-corrected chi connectivity index (χ2v) is 8.18. The molecule has 2 aromatic carbocycles. The van der Waals surface area contributed by atoms with Crippen molar-refractivity contribution >= 4 is 0 Å². The average molecular weight is 421 g/mol. The van der Waals surface area contributed by atoms with Crippen molar-refractivity contribution in [1.29, 1.82) is 0 Å². The van der Waals surface area contributed by atoms with Crippen LogP contribution in [0.4, 0.5) is 0 Å². The molecule has 5 nitrogen and oxygen atoms in total. The van der Waals surface area contributed by atoms with Crippen molar-refractivity contribution in [3.8, 4) is 23.7 Å². The second-order valence-electron chi connectivity index (χ2n) is 8.18. The van der Waals surface area contributed by atoms with Crippen LogP contribution in [0.1, 0.15) is 30.5 Å². The van der Waals surface area contributed by atoms with E-state index in [0.29, 0.717) is 11.5 Å². The van der Waals surface area contributed by atoms with Gasteiger partial charge in [-0.15, -0.1) is 0 Å². The quantitative estimate of drug-likeness (QED) is 0.565. The monoisotopic (exact) mass is 420 g/mol. The summed E-state index contributed by atoms with van der Waals surface area (Å²) in [6.45, 7) is 3.76. The summed E-state index contributed by atoms with van der Waals surface area (Å²) in [5, 5.41) is 41.6. The molecule has 2 aromatic rings. The van der Waals surface area contributed by atoms with Crippen LogP contribution in [-0.2, 0) is 11.2 Å². The third-order valence-corrected chi connectivity index (χ3v) is 5.15. The van der Waals surface area contributed by atoms with E-state index in [2.05, 4.69) is 37.5 Å². The zero-order valence-corrected chi connectivity index (χ0v) is 17.7. The SMILES string of the molecule is CC(C)Cc1cccc(C#C[C@H]2O[C@H](CO)[C@@H](O)[C@H](O)[C@@]2(O)C#Cc2ccccc2)c1. The number of benzene rings is 2. The first kappa shape index (κ1) is 23.0. The van der Waals surface area contributed by atoms with E-state index in [9.17, 15) is 20.4 Å². The van der Waals surface area contributed by atoms with Crippen molar-refractivity contribution in [3.63, 3.8) is 0 Å². The minimum Gasteiger partial charge on any atom is -0.394 e. The molecule has 5 atom stereocenters. The molecule has 0 aromatic heterocycles. The van der Waals surface area contributed by atoms with Gasteiger partial charge in [-0.2, -0.15) is 0 Å². The molecule has 1 saturated heterocycles. The lowest BCUT2D eigenvalue weighted by Crippen LogP contribution is -2.65. The van der Waals surface area contributed by atoms with Crippen LogP contribution in [0.5, 0.6) is 0 Å². The Balaban J connectivity index is 1.95. The van der Waals surface area contributed by atoms with Crippen LogP contribution in [0.2, 0.25) is 0 Å². The van der Waals surface area contributed by atoms with Crippen molar-refractivity contribution in [2.75, 3.05) is 6.61 Å². The molecule has 3 rings (SSSR count). The fourth-order valence-corrected chi connectivity index (χ4v) is 3.50. The summed E-state index contributed by atoms with van der Waals surface area (Å²) in [6, 6.07) is 16.8. The lowest BCUT2D eigenvalue weighted by molar-refractivity contribution is -0.239. The van der Waals surface area contributed by atoms with Gasteiger partial charge in [-0.25, -0.2) is 0 Å². The highest BCUT2D eigenvalue weighted by molar-refractivity contribution is 5.42. The fourth-order valence-electron chi connectivity index (χ4n) is 3.50. The molecule has 1 fully saturated rings. The van der Waals surface area contributed by atoms with Crippen LogP contribution < -0.4 is 0 Å². The number of aliphatic hydroxyl groups excluding tert-OH is 3. The summed E-state index contributed by atoms with van der Waals surface area (Å²) in [4.78, 5) is 0. The second kappa shape index (κ2) is 10.1. The van der Waals surface area contributed by atoms with Gasteiger partial charge >= 0.3 is 0 Å². The Morgan fingerprint density at radius 2 is 1.71 bits per heavy atom. The standard InChI is InChI=1S/C26H28O5/c1-18(2)15-21-10-6-9-20(16-21)11-12-23-26(30,14-13-19-7-4-3-5-8-19)25(29)24(28)22(17-27)31-23/h3-10,16,18,22-25,27-30H,15,17H2,1-2H3/t22-,23-,24-,25+,26-/m1/s1.